The minimum Gasteiger partial charge on any atom is -0.316 e. The zero-order valence-corrected chi connectivity index (χ0v) is 12.4. The fourth-order valence-corrected chi connectivity index (χ4v) is 3.63. The summed E-state index contributed by atoms with van der Waals surface area (Å²) in [6, 6.07) is 6.59. The van der Waals surface area contributed by atoms with Crippen LogP contribution in [0.15, 0.2) is 23.6 Å². The molecule has 1 unspecified atom stereocenters. The van der Waals surface area contributed by atoms with E-state index in [-0.39, 0.29) is 0 Å². The van der Waals surface area contributed by atoms with E-state index in [1.807, 2.05) is 11.3 Å². The van der Waals surface area contributed by atoms with Crippen LogP contribution in [0.5, 0.6) is 0 Å². The smallest absolute Gasteiger partial charge is 0.0976 e. The van der Waals surface area contributed by atoms with Crippen molar-refractivity contribution in [2.75, 3.05) is 13.1 Å². The number of aryl methyl sites for hydroxylation is 2. The summed E-state index contributed by atoms with van der Waals surface area (Å²) in [7, 11) is 0. The molecular weight excluding hydrogens is 252 g/mol. The second-order valence-electron chi connectivity index (χ2n) is 5.43. The number of rotatable bonds is 2. The summed E-state index contributed by atoms with van der Waals surface area (Å²) in [5.41, 5.74) is 5.04. The van der Waals surface area contributed by atoms with Crippen LogP contribution in [0.2, 0.25) is 0 Å². The number of nitrogens with one attached hydrogen (secondary N) is 1. The van der Waals surface area contributed by atoms with Gasteiger partial charge in [-0.2, -0.15) is 0 Å². The van der Waals surface area contributed by atoms with Gasteiger partial charge in [-0.25, -0.2) is 4.98 Å². The molecule has 1 aliphatic rings. The molecule has 1 aromatic carbocycles. The summed E-state index contributed by atoms with van der Waals surface area (Å²) in [4.78, 5) is 4.88. The van der Waals surface area contributed by atoms with Crippen LogP contribution in [0.3, 0.4) is 0 Å². The van der Waals surface area contributed by atoms with E-state index < -0.39 is 0 Å². The van der Waals surface area contributed by atoms with E-state index >= 15 is 0 Å². The predicted octanol–water partition coefficient (Wildman–Crippen LogP) is 3.89. The van der Waals surface area contributed by atoms with E-state index in [1.54, 1.807) is 0 Å². The van der Waals surface area contributed by atoms with Gasteiger partial charge in [-0.05, 0) is 44.9 Å². The van der Waals surface area contributed by atoms with Crippen molar-refractivity contribution in [2.24, 2.45) is 0 Å². The van der Waals surface area contributed by atoms with Crippen molar-refractivity contribution in [1.29, 1.82) is 0 Å². The number of hydrogen-bond donors (Lipinski definition) is 1. The van der Waals surface area contributed by atoms with E-state index in [0.717, 1.165) is 18.8 Å². The number of nitrogens with zero attached hydrogens (tertiary/aromatic N) is 1. The van der Waals surface area contributed by atoms with Gasteiger partial charge in [0.05, 0.1) is 10.7 Å². The molecule has 0 bridgehead atoms. The molecule has 1 aliphatic heterocycles. The Bertz CT molecular complexity index is 568. The van der Waals surface area contributed by atoms with Crippen molar-refractivity contribution in [3.8, 4) is 11.3 Å². The van der Waals surface area contributed by atoms with Crippen molar-refractivity contribution >= 4 is 11.3 Å². The lowest BCUT2D eigenvalue weighted by atomic mass is 10.0. The van der Waals surface area contributed by atoms with Crippen LogP contribution >= 0.6 is 11.3 Å². The molecule has 0 radical (unpaired) electrons. The fourth-order valence-electron chi connectivity index (χ4n) is 2.67. The molecule has 0 amide bonds. The molecule has 3 heteroatoms. The van der Waals surface area contributed by atoms with Crippen LogP contribution in [0.1, 0.15) is 34.9 Å². The molecular formula is C16H20N2S. The fraction of sp³-hybridized carbons (Fsp3) is 0.438. The van der Waals surface area contributed by atoms with Crippen molar-refractivity contribution in [3.05, 3.63) is 39.7 Å². The van der Waals surface area contributed by atoms with Gasteiger partial charge >= 0.3 is 0 Å². The number of piperidine rings is 1. The average molecular weight is 272 g/mol. The third kappa shape index (κ3) is 2.72. The average Bonchev–Trinajstić information content (AvgIpc) is 2.92. The number of benzene rings is 1. The number of aromatic nitrogens is 1. The second kappa shape index (κ2) is 5.43. The first-order valence-electron chi connectivity index (χ1n) is 6.98. The first-order valence-corrected chi connectivity index (χ1v) is 7.86. The van der Waals surface area contributed by atoms with Gasteiger partial charge in [-0.15, -0.1) is 11.3 Å². The lowest BCUT2D eigenvalue weighted by Crippen LogP contribution is -2.28. The lowest BCUT2D eigenvalue weighted by molar-refractivity contribution is 0.460. The summed E-state index contributed by atoms with van der Waals surface area (Å²) < 4.78 is 0. The number of thiazole rings is 1. The van der Waals surface area contributed by atoms with Gasteiger partial charge < -0.3 is 5.32 Å². The van der Waals surface area contributed by atoms with Crippen LogP contribution in [-0.2, 0) is 0 Å². The van der Waals surface area contributed by atoms with E-state index in [0.29, 0.717) is 5.92 Å². The SMILES string of the molecule is Cc1ccc(C)c(-c2csc(C3CCCNC3)n2)c1. The van der Waals surface area contributed by atoms with E-state index in [2.05, 4.69) is 42.7 Å². The molecule has 1 saturated heterocycles. The third-order valence-electron chi connectivity index (χ3n) is 3.84. The Hall–Kier alpha value is -1.19. The first-order chi connectivity index (χ1) is 9.24. The second-order valence-corrected chi connectivity index (χ2v) is 6.32. The van der Waals surface area contributed by atoms with E-state index in [1.165, 1.54) is 34.5 Å². The Labute approximate surface area is 118 Å². The van der Waals surface area contributed by atoms with Crippen LogP contribution in [0.25, 0.3) is 11.3 Å². The largest absolute Gasteiger partial charge is 0.316 e. The molecule has 1 N–H and O–H groups in total. The molecule has 2 heterocycles. The number of hydrogen-bond acceptors (Lipinski definition) is 3. The minimum atomic E-state index is 0.609. The topological polar surface area (TPSA) is 24.9 Å². The summed E-state index contributed by atoms with van der Waals surface area (Å²) in [6.45, 7) is 6.54. The highest BCUT2D eigenvalue weighted by atomic mass is 32.1. The maximum Gasteiger partial charge on any atom is 0.0976 e. The van der Waals surface area contributed by atoms with E-state index in [9.17, 15) is 0 Å². The third-order valence-corrected chi connectivity index (χ3v) is 4.84. The Morgan fingerprint density at radius 1 is 1.32 bits per heavy atom. The highest BCUT2D eigenvalue weighted by Gasteiger charge is 2.19. The molecule has 3 rings (SSSR count). The van der Waals surface area contributed by atoms with Crippen molar-refractivity contribution in [2.45, 2.75) is 32.6 Å². The summed E-state index contributed by atoms with van der Waals surface area (Å²) >= 11 is 1.81. The van der Waals surface area contributed by atoms with Crippen molar-refractivity contribution in [3.63, 3.8) is 0 Å². The standard InChI is InChI=1S/C16H20N2S/c1-11-5-6-12(2)14(8-11)15-10-19-16(18-15)13-4-3-7-17-9-13/h5-6,8,10,13,17H,3-4,7,9H2,1-2H3. The molecule has 0 saturated carbocycles. The minimum absolute atomic E-state index is 0.609. The lowest BCUT2D eigenvalue weighted by Gasteiger charge is -2.20. The molecule has 2 aromatic rings. The van der Waals surface area contributed by atoms with Gasteiger partial charge in [-0.1, -0.05) is 17.7 Å². The summed E-state index contributed by atoms with van der Waals surface area (Å²) in [6.07, 6.45) is 2.54. The quantitative estimate of drug-likeness (QED) is 0.897. The molecule has 0 aliphatic carbocycles. The Kier molecular flexibility index (Phi) is 3.67. The first kappa shape index (κ1) is 12.8. The molecule has 100 valence electrons. The van der Waals surface area contributed by atoms with Crippen molar-refractivity contribution in [1.82, 2.24) is 10.3 Å². The molecule has 19 heavy (non-hydrogen) atoms. The van der Waals surface area contributed by atoms with Crippen LogP contribution < -0.4 is 5.32 Å². The zero-order chi connectivity index (χ0) is 13.2. The van der Waals surface area contributed by atoms with Crippen molar-refractivity contribution < 1.29 is 0 Å². The van der Waals surface area contributed by atoms with E-state index in [4.69, 9.17) is 4.98 Å². The monoisotopic (exact) mass is 272 g/mol. The molecule has 1 aromatic heterocycles. The summed E-state index contributed by atoms with van der Waals surface area (Å²) in [5, 5.41) is 6.98. The zero-order valence-electron chi connectivity index (χ0n) is 11.6. The maximum atomic E-state index is 4.88. The van der Waals surface area contributed by atoms with Gasteiger partial charge in [0.2, 0.25) is 0 Å². The Morgan fingerprint density at radius 2 is 2.21 bits per heavy atom. The van der Waals surface area contributed by atoms with Crippen LogP contribution in [0, 0.1) is 13.8 Å². The van der Waals surface area contributed by atoms with Crippen LogP contribution in [0.4, 0.5) is 0 Å². The van der Waals surface area contributed by atoms with Crippen LogP contribution in [-0.4, -0.2) is 18.1 Å². The van der Waals surface area contributed by atoms with Gasteiger partial charge in [-0.3, -0.25) is 0 Å². The van der Waals surface area contributed by atoms with Gasteiger partial charge in [0.25, 0.3) is 0 Å². The predicted molar refractivity (Wildman–Crippen MR) is 81.9 cm³/mol. The molecule has 2 nitrogen and oxygen atoms in total. The molecule has 0 spiro atoms. The maximum absolute atomic E-state index is 4.88. The van der Waals surface area contributed by atoms with Gasteiger partial charge in [0, 0.05) is 23.4 Å². The Balaban J connectivity index is 1.89. The Morgan fingerprint density at radius 3 is 3.00 bits per heavy atom. The normalized spacial score (nSPS) is 19.6. The molecule has 1 fully saturated rings. The highest BCUT2D eigenvalue weighted by Crippen LogP contribution is 2.31. The van der Waals surface area contributed by atoms with Gasteiger partial charge in [0.1, 0.15) is 0 Å². The highest BCUT2D eigenvalue weighted by molar-refractivity contribution is 7.10. The van der Waals surface area contributed by atoms with Gasteiger partial charge in [0.15, 0.2) is 0 Å². The molecule has 1 atom stereocenters. The summed E-state index contributed by atoms with van der Waals surface area (Å²) in [5.74, 6) is 0.609.